The summed E-state index contributed by atoms with van der Waals surface area (Å²) >= 11 is 0. The summed E-state index contributed by atoms with van der Waals surface area (Å²) in [6.07, 6.45) is 24.4. The van der Waals surface area contributed by atoms with Crippen LogP contribution >= 0.6 is 0 Å². The third kappa shape index (κ3) is 13.0. The van der Waals surface area contributed by atoms with Crippen LogP contribution in [0.25, 0.3) is 10.9 Å². The number of nitrogens with zero attached hydrogens (tertiary/aromatic N) is 1. The van der Waals surface area contributed by atoms with E-state index >= 15 is 0 Å². The van der Waals surface area contributed by atoms with Gasteiger partial charge in [-0.2, -0.15) is 0 Å². The molecule has 0 saturated carbocycles. The summed E-state index contributed by atoms with van der Waals surface area (Å²) in [5, 5.41) is 1.05. The predicted octanol–water partition coefficient (Wildman–Crippen LogP) is 9.59. The second kappa shape index (κ2) is 19.6. The second-order valence-corrected chi connectivity index (χ2v) is 11.1. The molecule has 218 valence electrons. The van der Waals surface area contributed by atoms with Crippen molar-refractivity contribution in [2.75, 3.05) is 0 Å². The largest absolute Gasteiger partial charge is 0.461 e. The number of fused-ring (bicyclic) bond motifs is 1. The number of unbranched alkanes of at least 4 members (excludes halogenated alkanes) is 14. The molecule has 2 aromatic rings. The molecule has 2 rings (SSSR count). The summed E-state index contributed by atoms with van der Waals surface area (Å²) in [7, 11) is 0. The van der Waals surface area contributed by atoms with Gasteiger partial charge >= 0.3 is 11.9 Å². The summed E-state index contributed by atoms with van der Waals surface area (Å²) in [4.78, 5) is 28.3. The molecule has 0 bridgehead atoms. The maximum Gasteiger partial charge on any atom is 0.308 e. The van der Waals surface area contributed by atoms with E-state index in [0.717, 1.165) is 31.1 Å². The molecule has 0 spiro atoms. The Morgan fingerprint density at radius 3 is 1.74 bits per heavy atom. The van der Waals surface area contributed by atoms with Crippen LogP contribution in [0.4, 0.5) is 0 Å². The molecule has 0 radical (unpaired) electrons. The van der Waals surface area contributed by atoms with Crippen LogP contribution < -0.4 is 4.74 Å². The SMILES string of the molecule is CCCCCCCCCCc1cnc2c(OC(C)=O)c(COC(C)=O)cc(CCCCCCCCCC)c2c1. The molecule has 39 heavy (non-hydrogen) atoms. The molecule has 5 heteroatoms. The Bertz CT molecular complexity index is 1000. The first-order valence-corrected chi connectivity index (χ1v) is 15.7. The number of esters is 2. The average Bonchev–Trinajstić information content (AvgIpc) is 2.91. The van der Waals surface area contributed by atoms with Gasteiger partial charge in [0, 0.05) is 31.0 Å². The van der Waals surface area contributed by atoms with Gasteiger partial charge in [-0.15, -0.1) is 0 Å². The van der Waals surface area contributed by atoms with E-state index in [1.54, 1.807) is 0 Å². The van der Waals surface area contributed by atoms with Gasteiger partial charge in [0.25, 0.3) is 0 Å². The van der Waals surface area contributed by atoms with Crippen LogP contribution in [0.1, 0.15) is 147 Å². The van der Waals surface area contributed by atoms with E-state index in [1.165, 1.54) is 115 Å². The third-order valence-corrected chi connectivity index (χ3v) is 7.44. The van der Waals surface area contributed by atoms with Gasteiger partial charge in [0.15, 0.2) is 5.75 Å². The van der Waals surface area contributed by atoms with Gasteiger partial charge in [0.05, 0.1) is 0 Å². The van der Waals surface area contributed by atoms with Crippen molar-refractivity contribution < 1.29 is 19.1 Å². The maximum absolute atomic E-state index is 12.0. The van der Waals surface area contributed by atoms with Crippen molar-refractivity contribution in [3.05, 3.63) is 35.0 Å². The topological polar surface area (TPSA) is 65.5 Å². The fraction of sp³-hybridized carbons (Fsp3) is 0.676. The van der Waals surface area contributed by atoms with Gasteiger partial charge in [-0.05, 0) is 48.9 Å². The van der Waals surface area contributed by atoms with Crippen LogP contribution in [0.5, 0.6) is 5.75 Å². The molecule has 0 aliphatic rings. The smallest absolute Gasteiger partial charge is 0.308 e. The number of hydrogen-bond acceptors (Lipinski definition) is 5. The fourth-order valence-corrected chi connectivity index (χ4v) is 5.24. The highest BCUT2D eigenvalue weighted by Crippen LogP contribution is 2.34. The number of pyridine rings is 1. The van der Waals surface area contributed by atoms with E-state index in [4.69, 9.17) is 14.5 Å². The van der Waals surface area contributed by atoms with E-state index in [-0.39, 0.29) is 12.6 Å². The molecule has 1 heterocycles. The molecule has 1 aromatic carbocycles. The van der Waals surface area contributed by atoms with Crippen molar-refractivity contribution in [2.45, 2.75) is 150 Å². The third-order valence-electron chi connectivity index (χ3n) is 7.44. The van der Waals surface area contributed by atoms with Crippen molar-refractivity contribution in [3.8, 4) is 5.75 Å². The lowest BCUT2D eigenvalue weighted by Gasteiger charge is -2.16. The summed E-state index contributed by atoms with van der Waals surface area (Å²) in [6, 6.07) is 4.30. The molecule has 0 fully saturated rings. The Hall–Kier alpha value is -2.43. The van der Waals surface area contributed by atoms with E-state index in [0.29, 0.717) is 16.8 Å². The number of rotatable bonds is 21. The number of aryl methyl sites for hydroxylation is 2. The first kappa shape index (κ1) is 32.8. The zero-order chi connectivity index (χ0) is 28.3. The maximum atomic E-state index is 12.0. The zero-order valence-corrected chi connectivity index (χ0v) is 25.2. The number of ether oxygens (including phenoxy) is 2. The lowest BCUT2D eigenvalue weighted by atomic mass is 9.96. The van der Waals surface area contributed by atoms with E-state index < -0.39 is 5.97 Å². The van der Waals surface area contributed by atoms with Gasteiger partial charge in [0.2, 0.25) is 0 Å². The average molecular weight is 540 g/mol. The lowest BCUT2D eigenvalue weighted by molar-refractivity contribution is -0.142. The molecule has 0 N–H and O–H groups in total. The fourth-order valence-electron chi connectivity index (χ4n) is 5.24. The Morgan fingerprint density at radius 2 is 1.21 bits per heavy atom. The summed E-state index contributed by atoms with van der Waals surface area (Å²) in [5.74, 6) is -0.347. The minimum absolute atomic E-state index is 0.0694. The molecular weight excluding hydrogens is 486 g/mol. The predicted molar refractivity (Wildman–Crippen MR) is 161 cm³/mol. The molecule has 0 unspecified atom stereocenters. The molecular formula is C34H53NO4. The quantitative estimate of drug-likeness (QED) is 0.0897. The minimum Gasteiger partial charge on any atom is -0.461 e. The van der Waals surface area contributed by atoms with Gasteiger partial charge in [-0.25, -0.2) is 0 Å². The minimum atomic E-state index is -0.402. The summed E-state index contributed by atoms with van der Waals surface area (Å²) in [5.41, 5.74) is 3.81. The van der Waals surface area contributed by atoms with Crippen molar-refractivity contribution in [1.82, 2.24) is 4.98 Å². The molecule has 0 amide bonds. The number of hydrogen-bond donors (Lipinski definition) is 0. The van der Waals surface area contributed by atoms with Crippen LogP contribution in [-0.4, -0.2) is 16.9 Å². The molecule has 0 aliphatic carbocycles. The van der Waals surface area contributed by atoms with Crippen molar-refractivity contribution in [2.24, 2.45) is 0 Å². The molecule has 0 atom stereocenters. The number of aromatic nitrogens is 1. The van der Waals surface area contributed by atoms with Crippen molar-refractivity contribution in [3.63, 3.8) is 0 Å². The van der Waals surface area contributed by atoms with Crippen molar-refractivity contribution in [1.29, 1.82) is 0 Å². The highest BCUT2D eigenvalue weighted by atomic mass is 16.5. The molecule has 1 aromatic heterocycles. The van der Waals surface area contributed by atoms with E-state index in [1.807, 2.05) is 6.20 Å². The highest BCUT2D eigenvalue weighted by Gasteiger charge is 2.18. The number of carbonyl (C=O) groups is 2. The summed E-state index contributed by atoms with van der Waals surface area (Å²) < 4.78 is 11.0. The number of carbonyl (C=O) groups excluding carboxylic acids is 2. The standard InChI is InChI=1S/C34H53NO4/c1-5-7-9-11-13-15-17-19-21-29-23-32-30(22-20-18-16-14-12-10-8-6-2)24-31(26-38-27(3)36)34(39-28(4)37)33(32)35-25-29/h23-25H,5-22,26H2,1-4H3. The van der Waals surface area contributed by atoms with Crippen LogP contribution in [-0.2, 0) is 33.8 Å². The lowest BCUT2D eigenvalue weighted by Crippen LogP contribution is -2.09. The Labute approximate surface area is 237 Å². The van der Waals surface area contributed by atoms with E-state index in [2.05, 4.69) is 26.0 Å². The van der Waals surface area contributed by atoms with Gasteiger partial charge in [-0.1, -0.05) is 104 Å². The Kier molecular flexibility index (Phi) is 16.5. The second-order valence-electron chi connectivity index (χ2n) is 11.1. The van der Waals surface area contributed by atoms with Gasteiger partial charge in [0.1, 0.15) is 12.1 Å². The van der Waals surface area contributed by atoms with Crippen LogP contribution in [0.3, 0.4) is 0 Å². The highest BCUT2D eigenvalue weighted by molar-refractivity contribution is 5.91. The van der Waals surface area contributed by atoms with Gasteiger partial charge < -0.3 is 9.47 Å². The molecule has 0 saturated heterocycles. The van der Waals surface area contributed by atoms with Gasteiger partial charge in [-0.3, -0.25) is 14.6 Å². The van der Waals surface area contributed by atoms with E-state index in [9.17, 15) is 9.59 Å². The first-order chi connectivity index (χ1) is 19.0. The molecule has 5 nitrogen and oxygen atoms in total. The van der Waals surface area contributed by atoms with Crippen molar-refractivity contribution >= 4 is 22.8 Å². The monoisotopic (exact) mass is 539 g/mol. The molecule has 0 aliphatic heterocycles. The normalized spacial score (nSPS) is 11.2. The Balaban J connectivity index is 2.16. The van der Waals surface area contributed by atoms with Crippen LogP contribution in [0.2, 0.25) is 0 Å². The van der Waals surface area contributed by atoms with Crippen LogP contribution in [0, 0.1) is 0 Å². The Morgan fingerprint density at radius 1 is 0.667 bits per heavy atom. The first-order valence-electron chi connectivity index (χ1n) is 15.7. The zero-order valence-electron chi connectivity index (χ0n) is 25.2. The summed E-state index contributed by atoms with van der Waals surface area (Å²) in [6.45, 7) is 7.37. The number of benzene rings is 1. The van der Waals surface area contributed by atoms with Crippen LogP contribution in [0.15, 0.2) is 18.3 Å².